The molecular weight excluding hydrogens is 402 g/mol. The summed E-state index contributed by atoms with van der Waals surface area (Å²) in [6, 6.07) is 11.1. The maximum atomic E-state index is 13.7. The fourth-order valence-electron chi connectivity index (χ4n) is 3.11. The molecule has 156 valence electrons. The molecule has 0 atom stereocenters. The van der Waals surface area contributed by atoms with E-state index >= 15 is 0 Å². The quantitative estimate of drug-likeness (QED) is 0.742. The van der Waals surface area contributed by atoms with Crippen LogP contribution in [0.25, 0.3) is 0 Å². The number of sulfonamides is 1. The van der Waals surface area contributed by atoms with Crippen LogP contribution in [0.1, 0.15) is 19.3 Å². The number of piperidine rings is 1. The highest BCUT2D eigenvalue weighted by molar-refractivity contribution is 7.89. The summed E-state index contributed by atoms with van der Waals surface area (Å²) >= 11 is 0. The number of amides is 1. The number of nitrogens with one attached hydrogen (secondary N) is 1. The first-order valence-corrected chi connectivity index (χ1v) is 10.8. The lowest BCUT2D eigenvalue weighted by Gasteiger charge is -2.32. The minimum Gasteiger partial charge on any atom is -0.487 e. The molecule has 1 aliphatic rings. The van der Waals surface area contributed by atoms with Crippen molar-refractivity contribution in [3.63, 3.8) is 0 Å². The minimum absolute atomic E-state index is 0.00722. The van der Waals surface area contributed by atoms with E-state index < -0.39 is 21.7 Å². The number of benzene rings is 2. The molecular formula is C20H22F2N2O4S. The molecule has 1 saturated heterocycles. The van der Waals surface area contributed by atoms with Crippen molar-refractivity contribution in [3.05, 3.63) is 60.2 Å². The van der Waals surface area contributed by atoms with Crippen molar-refractivity contribution < 1.29 is 26.7 Å². The van der Waals surface area contributed by atoms with E-state index in [0.29, 0.717) is 25.9 Å². The molecule has 0 radical (unpaired) electrons. The van der Waals surface area contributed by atoms with Crippen LogP contribution in [0.4, 0.5) is 8.78 Å². The van der Waals surface area contributed by atoms with Crippen LogP contribution >= 0.6 is 0 Å². The summed E-state index contributed by atoms with van der Waals surface area (Å²) < 4.78 is 58.9. The van der Waals surface area contributed by atoms with Gasteiger partial charge in [0.05, 0.1) is 4.90 Å². The van der Waals surface area contributed by atoms with E-state index in [1.165, 1.54) is 18.2 Å². The second kappa shape index (κ2) is 9.32. The maximum Gasteiger partial charge on any atom is 0.240 e. The summed E-state index contributed by atoms with van der Waals surface area (Å²) in [4.78, 5) is 14.1. The molecule has 0 saturated carbocycles. The highest BCUT2D eigenvalue weighted by Gasteiger charge is 2.25. The van der Waals surface area contributed by atoms with Gasteiger partial charge in [-0.25, -0.2) is 21.9 Å². The molecule has 9 heteroatoms. The Morgan fingerprint density at radius 3 is 2.45 bits per heavy atom. The third kappa shape index (κ3) is 5.74. The van der Waals surface area contributed by atoms with E-state index in [9.17, 15) is 22.0 Å². The van der Waals surface area contributed by atoms with Gasteiger partial charge in [0.1, 0.15) is 11.9 Å². The number of hydrogen-bond donors (Lipinski definition) is 1. The van der Waals surface area contributed by atoms with Crippen molar-refractivity contribution in [3.8, 4) is 5.75 Å². The zero-order valence-corrected chi connectivity index (χ0v) is 16.5. The summed E-state index contributed by atoms with van der Waals surface area (Å²) in [6.07, 6.45) is 0.802. The van der Waals surface area contributed by atoms with Gasteiger partial charge in [0.15, 0.2) is 11.6 Å². The number of rotatable bonds is 7. The highest BCUT2D eigenvalue weighted by Crippen LogP contribution is 2.23. The summed E-state index contributed by atoms with van der Waals surface area (Å²) in [5.74, 6) is -1.59. The van der Waals surface area contributed by atoms with Gasteiger partial charge in [-0.15, -0.1) is 0 Å². The van der Waals surface area contributed by atoms with Crippen LogP contribution in [0.5, 0.6) is 5.75 Å². The zero-order chi connectivity index (χ0) is 20.9. The first-order valence-electron chi connectivity index (χ1n) is 9.29. The molecule has 1 amide bonds. The Kier molecular flexibility index (Phi) is 6.81. The van der Waals surface area contributed by atoms with Crippen LogP contribution in [-0.2, 0) is 14.8 Å². The SMILES string of the molecule is O=C(CCNS(=O)(=O)c1ccccc1)N1CCC(Oc2ccc(F)cc2F)CC1. The first-order chi connectivity index (χ1) is 13.8. The van der Waals surface area contributed by atoms with Gasteiger partial charge in [-0.05, 0) is 24.3 Å². The molecule has 1 N–H and O–H groups in total. The third-order valence-electron chi connectivity index (χ3n) is 4.67. The summed E-state index contributed by atoms with van der Waals surface area (Å²) in [5.41, 5.74) is 0. The number of carbonyl (C=O) groups is 1. The van der Waals surface area contributed by atoms with Gasteiger partial charge in [-0.2, -0.15) is 0 Å². The second-order valence-electron chi connectivity index (χ2n) is 6.73. The van der Waals surface area contributed by atoms with E-state index in [2.05, 4.69) is 4.72 Å². The summed E-state index contributed by atoms with van der Waals surface area (Å²) in [5, 5.41) is 0. The third-order valence-corrected chi connectivity index (χ3v) is 6.14. The smallest absolute Gasteiger partial charge is 0.240 e. The standard InChI is InChI=1S/C20H22F2N2O4S/c21-15-6-7-19(18(22)14-15)28-16-9-12-24(13-10-16)20(25)8-11-23-29(26,27)17-4-2-1-3-5-17/h1-7,14,16,23H,8-13H2. The van der Waals surface area contributed by atoms with Crippen molar-refractivity contribution in [2.45, 2.75) is 30.3 Å². The molecule has 1 aliphatic heterocycles. The lowest BCUT2D eigenvalue weighted by molar-refractivity contribution is -0.132. The highest BCUT2D eigenvalue weighted by atomic mass is 32.2. The van der Waals surface area contributed by atoms with Crippen LogP contribution in [0.15, 0.2) is 53.4 Å². The van der Waals surface area contributed by atoms with Gasteiger partial charge in [0.25, 0.3) is 0 Å². The number of ether oxygens (including phenoxy) is 1. The van der Waals surface area contributed by atoms with E-state index in [-0.39, 0.29) is 35.6 Å². The Labute approximate surface area is 168 Å². The lowest BCUT2D eigenvalue weighted by Crippen LogP contribution is -2.42. The Hall–Kier alpha value is -2.52. The molecule has 0 bridgehead atoms. The molecule has 1 fully saturated rings. The van der Waals surface area contributed by atoms with E-state index in [1.807, 2.05) is 0 Å². The molecule has 1 heterocycles. The Balaban J connectivity index is 1.43. The Bertz CT molecular complexity index is 946. The molecule has 2 aromatic rings. The largest absolute Gasteiger partial charge is 0.487 e. The van der Waals surface area contributed by atoms with Crippen molar-refractivity contribution in [2.24, 2.45) is 0 Å². The normalized spacial score (nSPS) is 15.3. The number of carbonyl (C=O) groups excluding carboxylic acids is 1. The number of halogens is 2. The van der Waals surface area contributed by atoms with Gasteiger partial charge in [-0.3, -0.25) is 4.79 Å². The van der Waals surface area contributed by atoms with Gasteiger partial charge >= 0.3 is 0 Å². The molecule has 0 unspecified atom stereocenters. The van der Waals surface area contributed by atoms with E-state index in [1.54, 1.807) is 23.1 Å². The van der Waals surface area contributed by atoms with Crippen LogP contribution in [0, 0.1) is 11.6 Å². The molecule has 0 spiro atoms. The number of likely N-dealkylation sites (tertiary alicyclic amines) is 1. The summed E-state index contributed by atoms with van der Waals surface area (Å²) in [7, 11) is -3.64. The molecule has 0 aliphatic carbocycles. The van der Waals surface area contributed by atoms with Crippen molar-refractivity contribution in [1.82, 2.24) is 9.62 Å². The van der Waals surface area contributed by atoms with Gasteiger partial charge in [0.2, 0.25) is 15.9 Å². The van der Waals surface area contributed by atoms with Crippen LogP contribution < -0.4 is 9.46 Å². The lowest BCUT2D eigenvalue weighted by atomic mass is 10.1. The predicted molar refractivity (Wildman–Crippen MR) is 103 cm³/mol. The van der Waals surface area contributed by atoms with E-state index in [4.69, 9.17) is 4.74 Å². The van der Waals surface area contributed by atoms with Crippen molar-refractivity contribution in [1.29, 1.82) is 0 Å². The molecule has 3 rings (SSSR count). The van der Waals surface area contributed by atoms with Crippen LogP contribution in [0.2, 0.25) is 0 Å². The Morgan fingerprint density at radius 1 is 1.10 bits per heavy atom. The zero-order valence-electron chi connectivity index (χ0n) is 15.7. The van der Waals surface area contributed by atoms with E-state index in [0.717, 1.165) is 12.1 Å². The summed E-state index contributed by atoms with van der Waals surface area (Å²) in [6.45, 7) is 0.864. The average molecular weight is 424 g/mol. The van der Waals surface area contributed by atoms with Crippen molar-refractivity contribution >= 4 is 15.9 Å². The topological polar surface area (TPSA) is 75.7 Å². The first kappa shape index (κ1) is 21.2. The van der Waals surface area contributed by atoms with Crippen LogP contribution in [0.3, 0.4) is 0 Å². The molecule has 2 aromatic carbocycles. The van der Waals surface area contributed by atoms with Crippen molar-refractivity contribution in [2.75, 3.05) is 19.6 Å². The van der Waals surface area contributed by atoms with Gasteiger partial charge < -0.3 is 9.64 Å². The number of nitrogens with zero attached hydrogens (tertiary/aromatic N) is 1. The van der Waals surface area contributed by atoms with Gasteiger partial charge in [-0.1, -0.05) is 18.2 Å². The average Bonchev–Trinajstić information content (AvgIpc) is 2.71. The fourth-order valence-corrected chi connectivity index (χ4v) is 4.16. The monoisotopic (exact) mass is 424 g/mol. The van der Waals surface area contributed by atoms with Crippen LogP contribution in [-0.4, -0.2) is 45.0 Å². The number of hydrogen-bond acceptors (Lipinski definition) is 4. The fraction of sp³-hybridized carbons (Fsp3) is 0.350. The molecule has 29 heavy (non-hydrogen) atoms. The predicted octanol–water partition coefficient (Wildman–Crippen LogP) is 2.70. The second-order valence-corrected chi connectivity index (χ2v) is 8.50. The molecule has 6 nitrogen and oxygen atoms in total. The minimum atomic E-state index is -3.64. The maximum absolute atomic E-state index is 13.7. The Morgan fingerprint density at radius 2 is 1.79 bits per heavy atom. The van der Waals surface area contributed by atoms with Gasteiger partial charge in [0, 0.05) is 45.0 Å². The molecule has 0 aromatic heterocycles.